The second kappa shape index (κ2) is 8.02. The standard InChI is InChI=1S/C17H26ClNO2/c1-12-4-3-5-15(8-12)21-11-14(20)10-19-17-7-6-13(2)9-16(17)18/h6-7,9,12,14-15,19-20H,3-5,8,10-11H2,1-2H3. The Kier molecular flexibility index (Phi) is 6.34. The molecule has 0 heterocycles. The number of anilines is 1. The minimum Gasteiger partial charge on any atom is -0.389 e. The van der Waals surface area contributed by atoms with Crippen molar-refractivity contribution >= 4 is 17.3 Å². The third kappa shape index (κ3) is 5.50. The van der Waals surface area contributed by atoms with Gasteiger partial charge in [0.2, 0.25) is 0 Å². The highest BCUT2D eigenvalue weighted by molar-refractivity contribution is 6.33. The number of aliphatic hydroxyl groups is 1. The second-order valence-corrected chi connectivity index (χ2v) is 6.65. The van der Waals surface area contributed by atoms with E-state index in [-0.39, 0.29) is 0 Å². The minimum absolute atomic E-state index is 0.311. The number of halogens is 1. The average molecular weight is 312 g/mol. The molecule has 1 aromatic rings. The van der Waals surface area contributed by atoms with Crippen LogP contribution in [0.25, 0.3) is 0 Å². The zero-order chi connectivity index (χ0) is 15.2. The van der Waals surface area contributed by atoms with Gasteiger partial charge in [-0.05, 0) is 43.4 Å². The van der Waals surface area contributed by atoms with Crippen molar-refractivity contribution in [2.24, 2.45) is 5.92 Å². The van der Waals surface area contributed by atoms with E-state index in [1.807, 2.05) is 25.1 Å². The molecule has 0 radical (unpaired) electrons. The fourth-order valence-electron chi connectivity index (χ4n) is 2.83. The monoisotopic (exact) mass is 311 g/mol. The molecular formula is C17H26ClNO2. The highest BCUT2D eigenvalue weighted by Gasteiger charge is 2.20. The van der Waals surface area contributed by atoms with Crippen molar-refractivity contribution in [1.29, 1.82) is 0 Å². The highest BCUT2D eigenvalue weighted by atomic mass is 35.5. The number of aryl methyl sites for hydroxylation is 1. The first kappa shape index (κ1) is 16.6. The zero-order valence-electron chi connectivity index (χ0n) is 12.9. The molecular weight excluding hydrogens is 286 g/mol. The van der Waals surface area contributed by atoms with Crippen LogP contribution in [0.4, 0.5) is 5.69 Å². The van der Waals surface area contributed by atoms with Crippen molar-refractivity contribution in [2.75, 3.05) is 18.5 Å². The Balaban J connectivity index is 1.70. The minimum atomic E-state index is -0.514. The molecule has 3 nitrogen and oxygen atoms in total. The molecule has 1 aromatic carbocycles. The number of nitrogens with one attached hydrogen (secondary N) is 1. The fraction of sp³-hybridized carbons (Fsp3) is 0.647. The van der Waals surface area contributed by atoms with Crippen LogP contribution in [0.2, 0.25) is 5.02 Å². The molecule has 0 aromatic heterocycles. The average Bonchev–Trinajstić information content (AvgIpc) is 2.44. The number of benzene rings is 1. The lowest BCUT2D eigenvalue weighted by Crippen LogP contribution is -2.30. The Morgan fingerprint density at radius 3 is 2.95 bits per heavy atom. The van der Waals surface area contributed by atoms with Gasteiger partial charge in [-0.15, -0.1) is 0 Å². The molecule has 0 spiro atoms. The molecule has 2 N–H and O–H groups in total. The van der Waals surface area contributed by atoms with E-state index in [0.717, 1.165) is 30.0 Å². The first-order valence-corrected chi connectivity index (χ1v) is 8.22. The van der Waals surface area contributed by atoms with Crippen molar-refractivity contribution in [1.82, 2.24) is 0 Å². The van der Waals surface area contributed by atoms with E-state index in [4.69, 9.17) is 16.3 Å². The van der Waals surface area contributed by atoms with E-state index < -0.39 is 6.10 Å². The number of aliphatic hydroxyl groups excluding tert-OH is 1. The van der Waals surface area contributed by atoms with Crippen LogP contribution in [-0.2, 0) is 4.74 Å². The van der Waals surface area contributed by atoms with Gasteiger partial charge in [0.15, 0.2) is 0 Å². The smallest absolute Gasteiger partial charge is 0.0945 e. The Bertz CT molecular complexity index is 452. The lowest BCUT2D eigenvalue weighted by Gasteiger charge is -2.27. The predicted molar refractivity (Wildman–Crippen MR) is 88.1 cm³/mol. The van der Waals surface area contributed by atoms with E-state index in [2.05, 4.69) is 12.2 Å². The Morgan fingerprint density at radius 1 is 1.43 bits per heavy atom. The summed E-state index contributed by atoms with van der Waals surface area (Å²) in [6, 6.07) is 5.85. The van der Waals surface area contributed by atoms with Crippen LogP contribution >= 0.6 is 11.6 Å². The molecule has 4 heteroatoms. The second-order valence-electron chi connectivity index (χ2n) is 6.25. The molecule has 1 saturated carbocycles. The highest BCUT2D eigenvalue weighted by Crippen LogP contribution is 2.26. The zero-order valence-corrected chi connectivity index (χ0v) is 13.7. The molecule has 0 amide bonds. The van der Waals surface area contributed by atoms with E-state index in [1.165, 1.54) is 12.8 Å². The largest absolute Gasteiger partial charge is 0.389 e. The van der Waals surface area contributed by atoms with Gasteiger partial charge in [-0.3, -0.25) is 0 Å². The Hall–Kier alpha value is -0.770. The summed E-state index contributed by atoms with van der Waals surface area (Å²) in [7, 11) is 0. The summed E-state index contributed by atoms with van der Waals surface area (Å²) in [6.07, 6.45) is 4.57. The number of rotatable bonds is 6. The fourth-order valence-corrected chi connectivity index (χ4v) is 3.13. The van der Waals surface area contributed by atoms with Crippen LogP contribution in [0.15, 0.2) is 18.2 Å². The van der Waals surface area contributed by atoms with E-state index in [9.17, 15) is 5.11 Å². The third-order valence-corrected chi connectivity index (χ3v) is 4.38. The molecule has 0 saturated heterocycles. The topological polar surface area (TPSA) is 41.5 Å². The van der Waals surface area contributed by atoms with Gasteiger partial charge in [-0.2, -0.15) is 0 Å². The van der Waals surface area contributed by atoms with Gasteiger partial charge in [-0.25, -0.2) is 0 Å². The van der Waals surface area contributed by atoms with Crippen molar-refractivity contribution in [3.63, 3.8) is 0 Å². The maximum Gasteiger partial charge on any atom is 0.0945 e. The maximum atomic E-state index is 10.0. The van der Waals surface area contributed by atoms with Gasteiger partial charge in [0, 0.05) is 6.54 Å². The lowest BCUT2D eigenvalue weighted by atomic mass is 9.89. The van der Waals surface area contributed by atoms with Crippen molar-refractivity contribution in [3.05, 3.63) is 28.8 Å². The summed E-state index contributed by atoms with van der Waals surface area (Å²) in [4.78, 5) is 0. The summed E-state index contributed by atoms with van der Waals surface area (Å²) in [5.41, 5.74) is 1.98. The van der Waals surface area contributed by atoms with Crippen molar-refractivity contribution in [3.8, 4) is 0 Å². The van der Waals surface area contributed by atoms with Gasteiger partial charge < -0.3 is 15.2 Å². The normalized spacial score (nSPS) is 23.8. The summed E-state index contributed by atoms with van der Waals surface area (Å²) < 4.78 is 5.83. The molecule has 2 rings (SSSR count). The Morgan fingerprint density at radius 2 is 2.24 bits per heavy atom. The molecule has 1 aliphatic carbocycles. The van der Waals surface area contributed by atoms with Crippen molar-refractivity contribution in [2.45, 2.75) is 51.7 Å². The summed E-state index contributed by atoms with van der Waals surface area (Å²) in [5, 5.41) is 13.9. The van der Waals surface area contributed by atoms with Crippen LogP contribution in [0.3, 0.4) is 0 Å². The molecule has 3 unspecified atom stereocenters. The predicted octanol–water partition coefficient (Wildman–Crippen LogP) is 4.02. The van der Waals surface area contributed by atoms with Gasteiger partial charge in [0.05, 0.1) is 29.5 Å². The Labute approximate surface area is 132 Å². The molecule has 1 fully saturated rings. The van der Waals surface area contributed by atoms with Crippen LogP contribution in [-0.4, -0.2) is 30.5 Å². The molecule has 0 aliphatic heterocycles. The summed E-state index contributed by atoms with van der Waals surface area (Å²) in [6.45, 7) is 5.11. The van der Waals surface area contributed by atoms with Crippen LogP contribution in [0.5, 0.6) is 0 Å². The number of ether oxygens (including phenoxy) is 1. The van der Waals surface area contributed by atoms with E-state index in [1.54, 1.807) is 0 Å². The van der Waals surface area contributed by atoms with Gasteiger partial charge >= 0.3 is 0 Å². The first-order valence-electron chi connectivity index (χ1n) is 7.84. The SMILES string of the molecule is Cc1ccc(NCC(O)COC2CCCC(C)C2)c(Cl)c1. The number of hydrogen-bond donors (Lipinski definition) is 2. The molecule has 3 atom stereocenters. The van der Waals surface area contributed by atoms with Crippen LogP contribution in [0, 0.1) is 12.8 Å². The van der Waals surface area contributed by atoms with Crippen LogP contribution < -0.4 is 5.32 Å². The van der Waals surface area contributed by atoms with Gasteiger partial charge in [0.1, 0.15) is 0 Å². The summed E-state index contributed by atoms with van der Waals surface area (Å²) >= 11 is 6.15. The molecule has 118 valence electrons. The molecule has 1 aliphatic rings. The van der Waals surface area contributed by atoms with E-state index in [0.29, 0.717) is 24.3 Å². The quantitative estimate of drug-likeness (QED) is 0.834. The van der Waals surface area contributed by atoms with Crippen LogP contribution in [0.1, 0.15) is 38.2 Å². The third-order valence-electron chi connectivity index (χ3n) is 4.07. The van der Waals surface area contributed by atoms with E-state index >= 15 is 0 Å². The first-order chi connectivity index (χ1) is 10.0. The summed E-state index contributed by atoms with van der Waals surface area (Å²) in [5.74, 6) is 0.741. The van der Waals surface area contributed by atoms with Gasteiger partial charge in [0.25, 0.3) is 0 Å². The lowest BCUT2D eigenvalue weighted by molar-refractivity contribution is -0.0274. The maximum absolute atomic E-state index is 10.0. The van der Waals surface area contributed by atoms with Gasteiger partial charge in [-0.1, -0.05) is 37.4 Å². The molecule has 0 bridgehead atoms. The number of hydrogen-bond acceptors (Lipinski definition) is 3. The molecule has 21 heavy (non-hydrogen) atoms. The van der Waals surface area contributed by atoms with Crippen molar-refractivity contribution < 1.29 is 9.84 Å².